The number of carbonyl (C=O) groups excluding carboxylic acids is 1. The molecule has 0 saturated carbocycles. The molecule has 112 valence electrons. The fraction of sp³-hybridized carbons (Fsp3) is 0.462. The number of aliphatic hydroxyl groups excluding tert-OH is 1. The van der Waals surface area contributed by atoms with Crippen LogP contribution in [0.5, 0.6) is 0 Å². The van der Waals surface area contributed by atoms with Gasteiger partial charge in [-0.3, -0.25) is 0 Å². The number of benzene rings is 1. The second kappa shape index (κ2) is 7.37. The molecule has 0 bridgehead atoms. The van der Waals surface area contributed by atoms with Gasteiger partial charge in [0, 0.05) is 6.04 Å². The maximum absolute atomic E-state index is 11.9. The van der Waals surface area contributed by atoms with Crippen LogP contribution < -0.4 is 4.72 Å². The molecule has 1 aromatic rings. The number of esters is 1. The first-order valence-corrected chi connectivity index (χ1v) is 7.85. The van der Waals surface area contributed by atoms with Crippen LogP contribution in [0.3, 0.4) is 0 Å². The van der Waals surface area contributed by atoms with Crippen molar-refractivity contribution >= 4 is 16.0 Å². The summed E-state index contributed by atoms with van der Waals surface area (Å²) in [4.78, 5) is 11.3. The third-order valence-corrected chi connectivity index (χ3v) is 4.20. The van der Waals surface area contributed by atoms with Crippen molar-refractivity contribution in [3.8, 4) is 0 Å². The lowest BCUT2D eigenvalue weighted by Crippen LogP contribution is -2.37. The summed E-state index contributed by atoms with van der Waals surface area (Å²) in [6.45, 7) is 1.55. The first-order chi connectivity index (χ1) is 9.41. The van der Waals surface area contributed by atoms with Gasteiger partial charge in [-0.05, 0) is 24.1 Å². The highest BCUT2D eigenvalue weighted by Gasteiger charge is 2.17. The fourth-order valence-corrected chi connectivity index (χ4v) is 3.08. The highest BCUT2D eigenvalue weighted by Crippen LogP contribution is 2.09. The van der Waals surface area contributed by atoms with Crippen molar-refractivity contribution in [1.29, 1.82) is 0 Å². The number of rotatable bonds is 7. The summed E-state index contributed by atoms with van der Waals surface area (Å²) in [6, 6.07) is 5.67. The van der Waals surface area contributed by atoms with E-state index in [9.17, 15) is 13.2 Å². The third kappa shape index (κ3) is 4.92. The maximum Gasteiger partial charge on any atom is 0.337 e. The Kier molecular flexibility index (Phi) is 6.12. The molecule has 1 atom stereocenters. The first-order valence-electron chi connectivity index (χ1n) is 6.20. The number of hydrogen-bond donors (Lipinski definition) is 2. The quantitative estimate of drug-likeness (QED) is 0.722. The average molecular weight is 301 g/mol. The zero-order chi connectivity index (χ0) is 15.2. The fourth-order valence-electron chi connectivity index (χ4n) is 1.62. The number of aliphatic hydroxyl groups is 1. The monoisotopic (exact) mass is 301 g/mol. The van der Waals surface area contributed by atoms with Gasteiger partial charge in [-0.15, -0.1) is 0 Å². The van der Waals surface area contributed by atoms with Crippen LogP contribution >= 0.6 is 0 Å². The zero-order valence-electron chi connectivity index (χ0n) is 11.5. The van der Waals surface area contributed by atoms with Gasteiger partial charge in [-0.25, -0.2) is 17.9 Å². The first kappa shape index (κ1) is 16.6. The van der Waals surface area contributed by atoms with Crippen LogP contribution in [-0.4, -0.2) is 39.3 Å². The molecule has 0 spiro atoms. The molecule has 0 aliphatic heterocycles. The molecule has 1 unspecified atom stereocenters. The predicted octanol–water partition coefficient (Wildman–Crippen LogP) is 0.663. The SMILES string of the molecule is CCC(CO)NS(=O)(=O)Cc1ccc(C(=O)OC)cc1. The number of ether oxygens (including phenoxy) is 1. The van der Waals surface area contributed by atoms with E-state index in [1.807, 2.05) is 0 Å². The van der Waals surface area contributed by atoms with Gasteiger partial charge < -0.3 is 9.84 Å². The Morgan fingerprint density at radius 1 is 1.35 bits per heavy atom. The molecule has 2 N–H and O–H groups in total. The van der Waals surface area contributed by atoms with E-state index in [0.29, 0.717) is 17.5 Å². The summed E-state index contributed by atoms with van der Waals surface area (Å²) in [5, 5.41) is 9.00. The van der Waals surface area contributed by atoms with Crippen molar-refractivity contribution < 1.29 is 23.1 Å². The normalized spacial score (nSPS) is 12.9. The molecule has 0 aromatic heterocycles. The molecule has 6 nitrogen and oxygen atoms in total. The van der Waals surface area contributed by atoms with E-state index in [2.05, 4.69) is 9.46 Å². The van der Waals surface area contributed by atoms with Gasteiger partial charge >= 0.3 is 5.97 Å². The van der Waals surface area contributed by atoms with Gasteiger partial charge in [0.25, 0.3) is 0 Å². The predicted molar refractivity (Wildman–Crippen MR) is 74.7 cm³/mol. The topological polar surface area (TPSA) is 92.7 Å². The van der Waals surface area contributed by atoms with Crippen molar-refractivity contribution in [1.82, 2.24) is 4.72 Å². The Balaban J connectivity index is 2.75. The van der Waals surface area contributed by atoms with Crippen LogP contribution in [0, 0.1) is 0 Å². The Morgan fingerprint density at radius 3 is 2.40 bits per heavy atom. The van der Waals surface area contributed by atoms with Crippen LogP contribution in [0.15, 0.2) is 24.3 Å². The summed E-state index contributed by atoms with van der Waals surface area (Å²) in [7, 11) is -2.24. The van der Waals surface area contributed by atoms with Crippen LogP contribution in [-0.2, 0) is 20.5 Å². The smallest absolute Gasteiger partial charge is 0.337 e. The lowest BCUT2D eigenvalue weighted by molar-refractivity contribution is 0.0600. The van der Waals surface area contributed by atoms with E-state index in [1.54, 1.807) is 19.1 Å². The molecule has 0 amide bonds. The van der Waals surface area contributed by atoms with E-state index in [1.165, 1.54) is 19.2 Å². The van der Waals surface area contributed by atoms with Crippen molar-refractivity contribution in [2.75, 3.05) is 13.7 Å². The molecule has 0 aliphatic carbocycles. The molecule has 7 heteroatoms. The van der Waals surface area contributed by atoms with Crippen molar-refractivity contribution in [2.45, 2.75) is 25.1 Å². The lowest BCUT2D eigenvalue weighted by Gasteiger charge is -2.14. The van der Waals surface area contributed by atoms with Crippen molar-refractivity contribution in [3.05, 3.63) is 35.4 Å². The minimum absolute atomic E-state index is 0.203. The number of nitrogens with one attached hydrogen (secondary N) is 1. The Hall–Kier alpha value is -1.44. The highest BCUT2D eigenvalue weighted by atomic mass is 32.2. The highest BCUT2D eigenvalue weighted by molar-refractivity contribution is 7.88. The van der Waals surface area contributed by atoms with E-state index >= 15 is 0 Å². The standard InChI is InChI=1S/C13H19NO5S/c1-3-12(8-15)14-20(17,18)9-10-4-6-11(7-5-10)13(16)19-2/h4-7,12,14-15H,3,8-9H2,1-2H3. The number of sulfonamides is 1. The van der Waals surface area contributed by atoms with Crippen LogP contribution in [0.1, 0.15) is 29.3 Å². The molecule has 0 aliphatic rings. The minimum Gasteiger partial charge on any atom is -0.465 e. The third-order valence-electron chi connectivity index (χ3n) is 2.79. The number of methoxy groups -OCH3 is 1. The largest absolute Gasteiger partial charge is 0.465 e. The van der Waals surface area contributed by atoms with Crippen molar-refractivity contribution in [3.63, 3.8) is 0 Å². The van der Waals surface area contributed by atoms with Crippen molar-refractivity contribution in [2.24, 2.45) is 0 Å². The molecule has 0 saturated heterocycles. The molecule has 0 fully saturated rings. The molecule has 1 aromatic carbocycles. The Morgan fingerprint density at radius 2 is 1.95 bits per heavy atom. The van der Waals surface area contributed by atoms with E-state index in [0.717, 1.165) is 0 Å². The maximum atomic E-state index is 11.9. The van der Waals surface area contributed by atoms with Crippen LogP contribution in [0.25, 0.3) is 0 Å². The minimum atomic E-state index is -3.52. The molecule has 1 rings (SSSR count). The van der Waals surface area contributed by atoms with Gasteiger partial charge in [0.2, 0.25) is 10.0 Å². The lowest BCUT2D eigenvalue weighted by atomic mass is 10.1. The number of carbonyl (C=O) groups is 1. The van der Waals surface area contributed by atoms with Crippen LogP contribution in [0.4, 0.5) is 0 Å². The Bertz CT molecular complexity index is 534. The summed E-state index contributed by atoms with van der Waals surface area (Å²) < 4.78 is 30.8. The molecule has 20 heavy (non-hydrogen) atoms. The summed E-state index contributed by atoms with van der Waals surface area (Å²) in [6.07, 6.45) is 0.511. The Labute approximate surface area is 118 Å². The molecular formula is C13H19NO5S. The average Bonchev–Trinajstić information content (AvgIpc) is 2.44. The molecule has 0 radical (unpaired) electrons. The zero-order valence-corrected chi connectivity index (χ0v) is 12.3. The molecule has 0 heterocycles. The van der Waals surface area contributed by atoms with Gasteiger partial charge in [-0.1, -0.05) is 19.1 Å². The van der Waals surface area contributed by atoms with Crippen LogP contribution in [0.2, 0.25) is 0 Å². The van der Waals surface area contributed by atoms with Gasteiger partial charge in [0.1, 0.15) is 0 Å². The second-order valence-electron chi connectivity index (χ2n) is 4.35. The van der Waals surface area contributed by atoms with Gasteiger partial charge in [0.15, 0.2) is 0 Å². The van der Waals surface area contributed by atoms with Gasteiger partial charge in [0.05, 0.1) is 25.0 Å². The summed E-state index contributed by atoms with van der Waals surface area (Å²) in [5.41, 5.74) is 0.918. The van der Waals surface area contributed by atoms with E-state index in [4.69, 9.17) is 5.11 Å². The number of hydrogen-bond acceptors (Lipinski definition) is 5. The van der Waals surface area contributed by atoms with Gasteiger partial charge in [-0.2, -0.15) is 0 Å². The van der Waals surface area contributed by atoms with E-state index in [-0.39, 0.29) is 12.4 Å². The second-order valence-corrected chi connectivity index (χ2v) is 6.11. The van der Waals surface area contributed by atoms with E-state index < -0.39 is 22.0 Å². The summed E-state index contributed by atoms with van der Waals surface area (Å²) >= 11 is 0. The summed E-state index contributed by atoms with van der Waals surface area (Å²) in [5.74, 6) is -0.672. The molecular weight excluding hydrogens is 282 g/mol.